The highest BCUT2D eigenvalue weighted by Crippen LogP contribution is 2.31. The maximum atomic E-state index is 11.2. The summed E-state index contributed by atoms with van der Waals surface area (Å²) in [5, 5.41) is 0.594. The van der Waals surface area contributed by atoms with E-state index < -0.39 is 0 Å². The molecule has 1 heterocycles. The summed E-state index contributed by atoms with van der Waals surface area (Å²) in [5.41, 5.74) is 7.32. The average molecular weight is 199 g/mol. The minimum atomic E-state index is 0.0219. The van der Waals surface area contributed by atoms with Crippen molar-refractivity contribution in [1.29, 1.82) is 0 Å². The number of rotatable bonds is 3. The first-order valence-corrected chi connectivity index (χ1v) is 4.77. The zero-order chi connectivity index (χ0) is 10.0. The molecule has 1 aromatic heterocycles. The van der Waals surface area contributed by atoms with Crippen molar-refractivity contribution in [2.75, 3.05) is 12.8 Å². The number of anilines is 1. The summed E-state index contributed by atoms with van der Waals surface area (Å²) in [6.45, 7) is 3.95. The van der Waals surface area contributed by atoms with Crippen LogP contribution in [0, 0.1) is 6.92 Å². The van der Waals surface area contributed by atoms with E-state index in [1.807, 2.05) is 6.92 Å². The van der Waals surface area contributed by atoms with Gasteiger partial charge in [-0.3, -0.25) is 4.79 Å². The molecule has 13 heavy (non-hydrogen) atoms. The van der Waals surface area contributed by atoms with Crippen LogP contribution in [0.5, 0.6) is 0 Å². The molecule has 0 aliphatic rings. The van der Waals surface area contributed by atoms with Crippen LogP contribution in [-0.2, 0) is 11.3 Å². The van der Waals surface area contributed by atoms with Crippen molar-refractivity contribution in [3.63, 3.8) is 0 Å². The lowest BCUT2D eigenvalue weighted by Gasteiger charge is -1.97. The van der Waals surface area contributed by atoms with Gasteiger partial charge in [-0.2, -0.15) is 0 Å². The fraction of sp³-hybridized carbons (Fsp3) is 0.444. The van der Waals surface area contributed by atoms with Gasteiger partial charge in [-0.1, -0.05) is 0 Å². The summed E-state index contributed by atoms with van der Waals surface area (Å²) in [7, 11) is 1.63. The van der Waals surface area contributed by atoms with E-state index in [0.717, 1.165) is 10.4 Å². The number of Topliss-reactive ketones (excluding diaryl/α,β-unsaturated/α-hetero) is 1. The number of ketones is 1. The fourth-order valence-corrected chi connectivity index (χ4v) is 2.39. The molecule has 3 nitrogen and oxygen atoms in total. The van der Waals surface area contributed by atoms with Gasteiger partial charge in [-0.15, -0.1) is 11.3 Å². The molecular weight excluding hydrogens is 186 g/mol. The lowest BCUT2D eigenvalue weighted by Crippen LogP contribution is -1.97. The van der Waals surface area contributed by atoms with E-state index in [2.05, 4.69) is 0 Å². The summed E-state index contributed by atoms with van der Waals surface area (Å²) >= 11 is 1.43. The van der Waals surface area contributed by atoms with E-state index in [4.69, 9.17) is 10.5 Å². The third-order valence-electron chi connectivity index (χ3n) is 1.90. The molecule has 2 N–H and O–H groups in total. The van der Waals surface area contributed by atoms with Gasteiger partial charge in [0, 0.05) is 12.0 Å². The molecule has 1 aromatic rings. The van der Waals surface area contributed by atoms with Gasteiger partial charge in [0.25, 0.3) is 0 Å². The number of carbonyl (C=O) groups is 1. The van der Waals surface area contributed by atoms with Crippen LogP contribution in [0.25, 0.3) is 0 Å². The SMILES string of the molecule is COCc1sc(N)c(C(C)=O)c1C. The second-order valence-electron chi connectivity index (χ2n) is 2.88. The largest absolute Gasteiger partial charge is 0.390 e. The van der Waals surface area contributed by atoms with Crippen molar-refractivity contribution in [3.8, 4) is 0 Å². The van der Waals surface area contributed by atoms with Gasteiger partial charge < -0.3 is 10.5 Å². The van der Waals surface area contributed by atoms with Crippen LogP contribution in [0.4, 0.5) is 5.00 Å². The molecule has 0 spiro atoms. The van der Waals surface area contributed by atoms with E-state index in [1.54, 1.807) is 7.11 Å². The second kappa shape index (κ2) is 3.89. The van der Waals surface area contributed by atoms with Crippen LogP contribution < -0.4 is 5.73 Å². The Hall–Kier alpha value is -0.870. The molecule has 0 saturated heterocycles. The van der Waals surface area contributed by atoms with Crippen molar-refractivity contribution in [2.45, 2.75) is 20.5 Å². The summed E-state index contributed by atoms with van der Waals surface area (Å²) in [6.07, 6.45) is 0. The van der Waals surface area contributed by atoms with Crippen molar-refractivity contribution >= 4 is 22.1 Å². The van der Waals surface area contributed by atoms with Gasteiger partial charge in [-0.25, -0.2) is 0 Å². The van der Waals surface area contributed by atoms with Gasteiger partial charge >= 0.3 is 0 Å². The van der Waals surface area contributed by atoms with Crippen LogP contribution in [0.1, 0.15) is 27.7 Å². The number of nitrogen functional groups attached to an aromatic ring is 1. The predicted molar refractivity (Wildman–Crippen MR) is 54.2 cm³/mol. The molecule has 0 aliphatic heterocycles. The number of hydrogen-bond acceptors (Lipinski definition) is 4. The number of nitrogens with two attached hydrogens (primary N) is 1. The highest BCUT2D eigenvalue weighted by molar-refractivity contribution is 7.16. The van der Waals surface area contributed by atoms with Crippen molar-refractivity contribution in [1.82, 2.24) is 0 Å². The minimum absolute atomic E-state index is 0.0219. The van der Waals surface area contributed by atoms with Crippen molar-refractivity contribution in [3.05, 3.63) is 16.0 Å². The smallest absolute Gasteiger partial charge is 0.163 e. The number of carbonyl (C=O) groups excluding carboxylic acids is 1. The van der Waals surface area contributed by atoms with E-state index in [9.17, 15) is 4.79 Å². The topological polar surface area (TPSA) is 52.3 Å². The van der Waals surface area contributed by atoms with Gasteiger partial charge in [0.15, 0.2) is 5.78 Å². The average Bonchev–Trinajstić information content (AvgIpc) is 2.28. The summed E-state index contributed by atoms with van der Waals surface area (Å²) in [5.74, 6) is 0.0219. The van der Waals surface area contributed by atoms with Gasteiger partial charge in [-0.05, 0) is 19.4 Å². The van der Waals surface area contributed by atoms with E-state index in [0.29, 0.717) is 17.2 Å². The van der Waals surface area contributed by atoms with Crippen LogP contribution >= 0.6 is 11.3 Å². The highest BCUT2D eigenvalue weighted by Gasteiger charge is 2.15. The first kappa shape index (κ1) is 10.2. The third kappa shape index (κ3) is 1.89. The van der Waals surface area contributed by atoms with E-state index in [-0.39, 0.29) is 5.78 Å². The van der Waals surface area contributed by atoms with Crippen molar-refractivity contribution < 1.29 is 9.53 Å². The Morgan fingerprint density at radius 3 is 2.62 bits per heavy atom. The monoisotopic (exact) mass is 199 g/mol. The normalized spacial score (nSPS) is 10.4. The van der Waals surface area contributed by atoms with Crippen LogP contribution in [0.2, 0.25) is 0 Å². The van der Waals surface area contributed by atoms with Gasteiger partial charge in [0.2, 0.25) is 0 Å². The molecule has 0 bridgehead atoms. The molecule has 4 heteroatoms. The molecule has 0 fully saturated rings. The van der Waals surface area contributed by atoms with Crippen LogP contribution in [0.3, 0.4) is 0 Å². The molecule has 0 atom stereocenters. The quantitative estimate of drug-likeness (QED) is 0.757. The second-order valence-corrected chi connectivity index (χ2v) is 4.02. The van der Waals surface area contributed by atoms with E-state index >= 15 is 0 Å². The molecule has 0 amide bonds. The fourth-order valence-electron chi connectivity index (χ4n) is 1.29. The Bertz CT molecular complexity index is 331. The predicted octanol–water partition coefficient (Wildman–Crippen LogP) is 1.99. The minimum Gasteiger partial charge on any atom is -0.390 e. The molecule has 72 valence electrons. The Morgan fingerprint density at radius 2 is 2.23 bits per heavy atom. The highest BCUT2D eigenvalue weighted by atomic mass is 32.1. The summed E-state index contributed by atoms with van der Waals surface area (Å²) in [6, 6.07) is 0. The number of methoxy groups -OCH3 is 1. The number of ether oxygens (including phenoxy) is 1. The molecule has 0 radical (unpaired) electrons. The lowest BCUT2D eigenvalue weighted by atomic mass is 10.1. The molecule has 0 aliphatic carbocycles. The Kier molecular flexibility index (Phi) is 3.06. The Labute approximate surface area is 81.5 Å². The Balaban J connectivity index is 3.14. The zero-order valence-electron chi connectivity index (χ0n) is 8.01. The lowest BCUT2D eigenvalue weighted by molar-refractivity contribution is 0.101. The zero-order valence-corrected chi connectivity index (χ0v) is 8.83. The molecular formula is C9H13NO2S. The standard InChI is InChI=1S/C9H13NO2S/c1-5-7(4-12-3)13-9(10)8(5)6(2)11/h4,10H2,1-3H3. The Morgan fingerprint density at radius 1 is 1.62 bits per heavy atom. The van der Waals surface area contributed by atoms with Crippen LogP contribution in [-0.4, -0.2) is 12.9 Å². The van der Waals surface area contributed by atoms with Gasteiger partial charge in [0.05, 0.1) is 17.2 Å². The maximum Gasteiger partial charge on any atom is 0.163 e. The number of thiophene rings is 1. The van der Waals surface area contributed by atoms with Crippen molar-refractivity contribution in [2.24, 2.45) is 0 Å². The molecule has 1 rings (SSSR count). The van der Waals surface area contributed by atoms with Gasteiger partial charge in [0.1, 0.15) is 0 Å². The summed E-state index contributed by atoms with van der Waals surface area (Å²) in [4.78, 5) is 12.2. The molecule has 0 unspecified atom stereocenters. The van der Waals surface area contributed by atoms with Crippen LogP contribution in [0.15, 0.2) is 0 Å². The number of hydrogen-bond donors (Lipinski definition) is 1. The molecule has 0 saturated carbocycles. The third-order valence-corrected chi connectivity index (χ3v) is 2.99. The van der Waals surface area contributed by atoms with E-state index in [1.165, 1.54) is 18.3 Å². The first-order chi connectivity index (χ1) is 6.07. The summed E-state index contributed by atoms with van der Waals surface area (Å²) < 4.78 is 5.00. The molecule has 0 aromatic carbocycles. The maximum absolute atomic E-state index is 11.2. The first-order valence-electron chi connectivity index (χ1n) is 3.95.